The van der Waals surface area contributed by atoms with Crippen molar-refractivity contribution in [1.29, 1.82) is 0 Å². The topological polar surface area (TPSA) is 93.0 Å². The van der Waals surface area contributed by atoms with Crippen molar-refractivity contribution in [3.05, 3.63) is 29.3 Å². The van der Waals surface area contributed by atoms with Crippen molar-refractivity contribution in [3.63, 3.8) is 0 Å². The molecule has 1 aliphatic rings. The fourth-order valence-electron chi connectivity index (χ4n) is 2.61. The van der Waals surface area contributed by atoms with Gasteiger partial charge in [-0.25, -0.2) is 4.79 Å². The van der Waals surface area contributed by atoms with Crippen LogP contribution in [0.1, 0.15) is 28.4 Å². The third kappa shape index (κ3) is 3.27. The summed E-state index contributed by atoms with van der Waals surface area (Å²) in [5.74, 6) is -1.38. The van der Waals surface area contributed by atoms with Gasteiger partial charge in [-0.15, -0.1) is 0 Å². The Morgan fingerprint density at radius 1 is 1.35 bits per heavy atom. The molecule has 0 spiro atoms. The predicted octanol–water partition coefficient (Wildman–Crippen LogP) is 0.419. The second kappa shape index (κ2) is 6.69. The SMILES string of the molecule is O=C(O)c1cc([C@@H](CCO)N2CCNCC2)ccc1O. The molecule has 1 atom stereocenters. The van der Waals surface area contributed by atoms with Gasteiger partial charge in [0.15, 0.2) is 0 Å². The molecular weight excluding hydrogens is 260 g/mol. The van der Waals surface area contributed by atoms with Gasteiger partial charge in [-0.3, -0.25) is 4.90 Å². The van der Waals surface area contributed by atoms with E-state index in [9.17, 15) is 15.0 Å². The maximum Gasteiger partial charge on any atom is 0.339 e. The second-order valence-electron chi connectivity index (χ2n) is 4.90. The van der Waals surface area contributed by atoms with Crippen LogP contribution in [0.4, 0.5) is 0 Å². The van der Waals surface area contributed by atoms with Gasteiger partial charge in [-0.1, -0.05) is 6.07 Å². The van der Waals surface area contributed by atoms with E-state index in [0.717, 1.165) is 31.7 Å². The molecule has 1 aromatic carbocycles. The van der Waals surface area contributed by atoms with Crippen molar-refractivity contribution < 1.29 is 20.1 Å². The molecule has 0 aliphatic carbocycles. The summed E-state index contributed by atoms with van der Waals surface area (Å²) < 4.78 is 0. The minimum Gasteiger partial charge on any atom is -0.507 e. The number of carboxylic acid groups (broad SMARTS) is 1. The molecule has 0 radical (unpaired) electrons. The zero-order valence-electron chi connectivity index (χ0n) is 11.2. The molecule has 110 valence electrons. The first-order valence-corrected chi connectivity index (χ1v) is 6.75. The largest absolute Gasteiger partial charge is 0.507 e. The molecule has 6 nitrogen and oxygen atoms in total. The number of aromatic carboxylic acids is 1. The molecule has 1 saturated heterocycles. The lowest BCUT2D eigenvalue weighted by molar-refractivity contribution is 0.0693. The summed E-state index contributed by atoms with van der Waals surface area (Å²) in [6.07, 6.45) is 0.545. The summed E-state index contributed by atoms with van der Waals surface area (Å²) in [5, 5.41) is 31.2. The summed E-state index contributed by atoms with van der Waals surface area (Å²) in [5.41, 5.74) is 0.719. The molecule has 1 heterocycles. The number of aliphatic hydroxyl groups excluding tert-OH is 1. The van der Waals surface area contributed by atoms with Crippen LogP contribution in [0.25, 0.3) is 0 Å². The first-order valence-electron chi connectivity index (χ1n) is 6.75. The molecule has 1 fully saturated rings. The highest BCUT2D eigenvalue weighted by atomic mass is 16.4. The van der Waals surface area contributed by atoms with Crippen molar-refractivity contribution >= 4 is 5.97 Å². The standard InChI is InChI=1S/C14H20N2O4/c17-8-3-12(16-6-4-15-5-7-16)10-1-2-13(18)11(9-10)14(19)20/h1-2,9,12,15,17-18H,3-8H2,(H,19,20)/t12-/m1/s1. The Hall–Kier alpha value is -1.63. The van der Waals surface area contributed by atoms with Crippen molar-refractivity contribution in [2.24, 2.45) is 0 Å². The van der Waals surface area contributed by atoms with Crippen LogP contribution in [-0.2, 0) is 0 Å². The van der Waals surface area contributed by atoms with Gasteiger partial charge < -0.3 is 20.6 Å². The number of nitrogens with one attached hydrogen (secondary N) is 1. The molecule has 1 aromatic rings. The number of hydrogen-bond acceptors (Lipinski definition) is 5. The molecule has 4 N–H and O–H groups in total. The quantitative estimate of drug-likeness (QED) is 0.624. The highest BCUT2D eigenvalue weighted by molar-refractivity contribution is 5.90. The first kappa shape index (κ1) is 14.8. The average Bonchev–Trinajstić information content (AvgIpc) is 2.46. The van der Waals surface area contributed by atoms with E-state index < -0.39 is 5.97 Å². The molecule has 0 bridgehead atoms. The van der Waals surface area contributed by atoms with Crippen LogP contribution in [0.2, 0.25) is 0 Å². The van der Waals surface area contributed by atoms with Crippen LogP contribution in [0.3, 0.4) is 0 Å². The van der Waals surface area contributed by atoms with Crippen LogP contribution in [0, 0.1) is 0 Å². The minimum atomic E-state index is -1.15. The van der Waals surface area contributed by atoms with Crippen LogP contribution in [0.15, 0.2) is 18.2 Å². The molecule has 20 heavy (non-hydrogen) atoms. The monoisotopic (exact) mass is 280 g/mol. The van der Waals surface area contributed by atoms with Crippen molar-refractivity contribution in [2.75, 3.05) is 32.8 Å². The van der Waals surface area contributed by atoms with Gasteiger partial charge in [0.05, 0.1) is 0 Å². The van der Waals surface area contributed by atoms with E-state index in [0.29, 0.717) is 6.42 Å². The predicted molar refractivity (Wildman–Crippen MR) is 74.0 cm³/mol. The fourth-order valence-corrected chi connectivity index (χ4v) is 2.61. The van der Waals surface area contributed by atoms with E-state index >= 15 is 0 Å². The number of phenols is 1. The van der Waals surface area contributed by atoms with E-state index in [4.69, 9.17) is 5.11 Å². The Morgan fingerprint density at radius 3 is 2.65 bits per heavy atom. The fraction of sp³-hybridized carbons (Fsp3) is 0.500. The minimum absolute atomic E-state index is 0.0270. The maximum atomic E-state index is 11.1. The summed E-state index contributed by atoms with van der Waals surface area (Å²) in [7, 11) is 0. The smallest absolute Gasteiger partial charge is 0.339 e. The first-order chi connectivity index (χ1) is 9.63. The van der Waals surface area contributed by atoms with Gasteiger partial charge >= 0.3 is 5.97 Å². The number of aromatic hydroxyl groups is 1. The molecule has 2 rings (SSSR count). The lowest BCUT2D eigenvalue weighted by Gasteiger charge is -2.35. The van der Waals surface area contributed by atoms with Crippen LogP contribution in [-0.4, -0.2) is 59.0 Å². The lowest BCUT2D eigenvalue weighted by Crippen LogP contribution is -2.45. The summed E-state index contributed by atoms with van der Waals surface area (Å²) >= 11 is 0. The number of aliphatic hydroxyl groups is 1. The maximum absolute atomic E-state index is 11.1. The summed E-state index contributed by atoms with van der Waals surface area (Å²) in [4.78, 5) is 13.3. The Bertz CT molecular complexity index is 472. The molecule has 0 aromatic heterocycles. The molecular formula is C14H20N2O4. The Balaban J connectivity index is 2.28. The van der Waals surface area contributed by atoms with E-state index in [1.807, 2.05) is 0 Å². The number of carboxylic acids is 1. The Morgan fingerprint density at radius 2 is 2.05 bits per heavy atom. The number of benzene rings is 1. The summed E-state index contributed by atoms with van der Waals surface area (Å²) in [6.45, 7) is 3.51. The van der Waals surface area contributed by atoms with Crippen molar-refractivity contribution in [3.8, 4) is 5.75 Å². The van der Waals surface area contributed by atoms with Crippen LogP contribution < -0.4 is 5.32 Å². The van der Waals surface area contributed by atoms with Gasteiger partial charge in [-0.05, 0) is 24.1 Å². The van der Waals surface area contributed by atoms with E-state index in [-0.39, 0.29) is 24.0 Å². The third-order valence-corrected chi connectivity index (χ3v) is 3.63. The molecule has 0 saturated carbocycles. The highest BCUT2D eigenvalue weighted by Gasteiger charge is 2.23. The van der Waals surface area contributed by atoms with E-state index in [1.54, 1.807) is 6.07 Å². The van der Waals surface area contributed by atoms with Crippen molar-refractivity contribution in [2.45, 2.75) is 12.5 Å². The number of hydrogen-bond donors (Lipinski definition) is 4. The molecule has 0 unspecified atom stereocenters. The average molecular weight is 280 g/mol. The molecule has 6 heteroatoms. The number of carbonyl (C=O) groups is 1. The van der Waals surface area contributed by atoms with Gasteiger partial charge in [-0.2, -0.15) is 0 Å². The van der Waals surface area contributed by atoms with E-state index in [2.05, 4.69) is 10.2 Å². The normalized spacial score (nSPS) is 17.9. The summed E-state index contributed by atoms with van der Waals surface area (Å²) in [6, 6.07) is 4.61. The molecule has 1 aliphatic heterocycles. The molecule has 0 amide bonds. The zero-order valence-corrected chi connectivity index (χ0v) is 11.2. The van der Waals surface area contributed by atoms with Gasteiger partial charge in [0.2, 0.25) is 0 Å². The number of nitrogens with zero attached hydrogens (tertiary/aromatic N) is 1. The Labute approximate surface area is 117 Å². The second-order valence-corrected chi connectivity index (χ2v) is 4.90. The highest BCUT2D eigenvalue weighted by Crippen LogP contribution is 2.28. The van der Waals surface area contributed by atoms with Crippen molar-refractivity contribution in [1.82, 2.24) is 10.2 Å². The van der Waals surface area contributed by atoms with E-state index in [1.165, 1.54) is 12.1 Å². The lowest BCUT2D eigenvalue weighted by atomic mass is 9.98. The zero-order chi connectivity index (χ0) is 14.5. The van der Waals surface area contributed by atoms with Crippen LogP contribution >= 0.6 is 0 Å². The number of piperazine rings is 1. The Kier molecular flexibility index (Phi) is 4.94. The third-order valence-electron chi connectivity index (χ3n) is 3.63. The van der Waals surface area contributed by atoms with Gasteiger partial charge in [0, 0.05) is 38.8 Å². The van der Waals surface area contributed by atoms with Gasteiger partial charge in [0.1, 0.15) is 11.3 Å². The van der Waals surface area contributed by atoms with Crippen LogP contribution in [0.5, 0.6) is 5.75 Å². The van der Waals surface area contributed by atoms with Gasteiger partial charge in [0.25, 0.3) is 0 Å². The number of rotatable bonds is 5.